The molecule has 0 saturated carbocycles. The number of benzene rings is 2. The van der Waals surface area contributed by atoms with Crippen LogP contribution in [0.25, 0.3) is 0 Å². The first-order valence-corrected chi connectivity index (χ1v) is 7.96. The second-order valence-corrected chi connectivity index (χ2v) is 6.58. The Morgan fingerprint density at radius 3 is 1.96 bits per heavy atom. The Bertz CT molecular complexity index is 854. The lowest BCUT2D eigenvalue weighted by Crippen LogP contribution is -2.36. The average molecular weight is 376 g/mol. The van der Waals surface area contributed by atoms with Crippen LogP contribution in [-0.2, 0) is 4.74 Å². The van der Waals surface area contributed by atoms with Crippen molar-refractivity contribution in [3.8, 4) is 0 Å². The molecule has 2 rings (SSSR count). The monoisotopic (exact) mass is 376 g/mol. The van der Waals surface area contributed by atoms with E-state index >= 15 is 0 Å². The van der Waals surface area contributed by atoms with Gasteiger partial charge in [0.25, 0.3) is 11.8 Å². The summed E-state index contributed by atoms with van der Waals surface area (Å²) in [7, 11) is 0. The lowest BCUT2D eigenvalue weighted by atomic mass is 10.1. The van der Waals surface area contributed by atoms with Gasteiger partial charge in [0.05, 0.1) is 0 Å². The highest BCUT2D eigenvalue weighted by Gasteiger charge is 2.19. The highest BCUT2D eigenvalue weighted by atomic mass is 19.1. The van der Waals surface area contributed by atoms with Gasteiger partial charge in [-0.1, -0.05) is 6.07 Å². The van der Waals surface area contributed by atoms with Crippen molar-refractivity contribution in [2.45, 2.75) is 26.4 Å². The van der Waals surface area contributed by atoms with Crippen molar-refractivity contribution in [3.63, 3.8) is 0 Å². The molecule has 142 valence electrons. The molecule has 27 heavy (non-hydrogen) atoms. The fraction of sp³-hybridized carbons (Fsp3) is 0.211. The Morgan fingerprint density at radius 1 is 0.889 bits per heavy atom. The van der Waals surface area contributed by atoms with E-state index in [4.69, 9.17) is 4.74 Å². The van der Waals surface area contributed by atoms with Crippen LogP contribution in [0.3, 0.4) is 0 Å². The number of amides is 3. The Kier molecular flexibility index (Phi) is 5.89. The van der Waals surface area contributed by atoms with Crippen molar-refractivity contribution >= 4 is 23.6 Å². The molecule has 0 aliphatic rings. The van der Waals surface area contributed by atoms with Crippen LogP contribution in [0.2, 0.25) is 0 Å². The molecule has 0 spiro atoms. The van der Waals surface area contributed by atoms with E-state index < -0.39 is 40.7 Å². The summed E-state index contributed by atoms with van der Waals surface area (Å²) in [5, 5.41) is 4.40. The average Bonchev–Trinajstić information content (AvgIpc) is 2.53. The standard InChI is InChI=1S/C19H18F2N2O4/c1-19(2,3)27-18(26)23-16(24)11-7-9-12(10-8-11)22-17(25)15-13(20)5-4-6-14(15)21/h4-10H,1-3H3,(H,22,25)(H,23,24,26). The molecule has 2 N–H and O–H groups in total. The number of hydrogen-bond donors (Lipinski definition) is 2. The highest BCUT2D eigenvalue weighted by Crippen LogP contribution is 2.16. The first-order chi connectivity index (χ1) is 12.6. The Hall–Kier alpha value is -3.29. The number of rotatable bonds is 3. The predicted octanol–water partition coefficient (Wildman–Crippen LogP) is 3.88. The van der Waals surface area contributed by atoms with Crippen LogP contribution in [0.4, 0.5) is 19.3 Å². The minimum atomic E-state index is -0.985. The summed E-state index contributed by atoms with van der Waals surface area (Å²) in [4.78, 5) is 35.6. The van der Waals surface area contributed by atoms with Gasteiger partial charge in [-0.3, -0.25) is 14.9 Å². The SMILES string of the molecule is CC(C)(C)OC(=O)NC(=O)c1ccc(NC(=O)c2c(F)cccc2F)cc1. The normalized spacial score (nSPS) is 10.9. The maximum absolute atomic E-state index is 13.6. The van der Waals surface area contributed by atoms with Crippen molar-refractivity contribution < 1.29 is 27.9 Å². The van der Waals surface area contributed by atoms with Crippen molar-refractivity contribution in [1.29, 1.82) is 0 Å². The van der Waals surface area contributed by atoms with Crippen molar-refractivity contribution in [1.82, 2.24) is 5.32 Å². The third-order valence-electron chi connectivity index (χ3n) is 3.21. The number of nitrogens with one attached hydrogen (secondary N) is 2. The summed E-state index contributed by atoms with van der Waals surface area (Å²) in [6, 6.07) is 8.51. The fourth-order valence-corrected chi connectivity index (χ4v) is 2.08. The molecular weight excluding hydrogens is 358 g/mol. The van der Waals surface area contributed by atoms with Crippen LogP contribution in [0.1, 0.15) is 41.5 Å². The molecule has 8 heteroatoms. The quantitative estimate of drug-likeness (QED) is 0.851. The van der Waals surface area contributed by atoms with Gasteiger partial charge in [-0.05, 0) is 57.2 Å². The third kappa shape index (κ3) is 5.60. The molecule has 0 radical (unpaired) electrons. The van der Waals surface area contributed by atoms with Crippen LogP contribution in [-0.4, -0.2) is 23.5 Å². The van der Waals surface area contributed by atoms with Gasteiger partial charge in [0.2, 0.25) is 0 Å². The van der Waals surface area contributed by atoms with Gasteiger partial charge in [-0.15, -0.1) is 0 Å². The van der Waals surface area contributed by atoms with Crippen LogP contribution >= 0.6 is 0 Å². The maximum Gasteiger partial charge on any atom is 0.414 e. The third-order valence-corrected chi connectivity index (χ3v) is 3.21. The molecule has 0 aliphatic heterocycles. The zero-order chi connectivity index (χ0) is 20.2. The number of imide groups is 1. The summed E-state index contributed by atoms with van der Waals surface area (Å²) in [6.07, 6.45) is -0.889. The van der Waals surface area contributed by atoms with Gasteiger partial charge in [-0.25, -0.2) is 13.6 Å². The van der Waals surface area contributed by atoms with Gasteiger partial charge >= 0.3 is 6.09 Å². The molecule has 0 atom stereocenters. The van der Waals surface area contributed by atoms with Gasteiger partial charge in [0.15, 0.2) is 0 Å². The summed E-state index contributed by atoms with van der Waals surface area (Å²) < 4.78 is 32.2. The van der Waals surface area contributed by atoms with Crippen LogP contribution < -0.4 is 10.6 Å². The number of ether oxygens (including phenoxy) is 1. The molecule has 3 amide bonds. The summed E-state index contributed by atoms with van der Waals surface area (Å²) in [5.41, 5.74) is -1.10. The first-order valence-electron chi connectivity index (χ1n) is 7.96. The van der Waals surface area contributed by atoms with E-state index in [9.17, 15) is 23.2 Å². The van der Waals surface area contributed by atoms with E-state index in [0.29, 0.717) is 0 Å². The van der Waals surface area contributed by atoms with Crippen molar-refractivity contribution in [2.75, 3.05) is 5.32 Å². The van der Waals surface area contributed by atoms with Gasteiger partial charge in [0.1, 0.15) is 22.8 Å². The molecule has 0 fully saturated rings. The number of alkyl carbamates (subject to hydrolysis) is 1. The zero-order valence-electron chi connectivity index (χ0n) is 14.9. The predicted molar refractivity (Wildman–Crippen MR) is 94.5 cm³/mol. The summed E-state index contributed by atoms with van der Waals surface area (Å²) >= 11 is 0. The minimum Gasteiger partial charge on any atom is -0.444 e. The summed E-state index contributed by atoms with van der Waals surface area (Å²) in [6.45, 7) is 4.98. The Morgan fingerprint density at radius 2 is 1.44 bits per heavy atom. The van der Waals surface area contributed by atoms with Crippen molar-refractivity contribution in [3.05, 3.63) is 65.2 Å². The molecule has 0 aliphatic carbocycles. The molecule has 6 nitrogen and oxygen atoms in total. The van der Waals surface area contributed by atoms with E-state index in [0.717, 1.165) is 18.2 Å². The molecule has 2 aromatic rings. The molecular formula is C19H18F2N2O4. The summed E-state index contributed by atoms with van der Waals surface area (Å²) in [5.74, 6) is -3.62. The number of carbonyl (C=O) groups excluding carboxylic acids is 3. The second-order valence-electron chi connectivity index (χ2n) is 6.58. The van der Waals surface area contributed by atoms with E-state index in [1.807, 2.05) is 0 Å². The second kappa shape index (κ2) is 7.94. The fourth-order valence-electron chi connectivity index (χ4n) is 2.08. The van der Waals surface area contributed by atoms with Crippen LogP contribution in [0.15, 0.2) is 42.5 Å². The molecule has 0 heterocycles. The molecule has 0 saturated heterocycles. The highest BCUT2D eigenvalue weighted by molar-refractivity contribution is 6.05. The Labute approximate surface area is 154 Å². The van der Waals surface area contributed by atoms with Gasteiger partial charge in [-0.2, -0.15) is 0 Å². The van der Waals surface area contributed by atoms with Gasteiger partial charge < -0.3 is 10.1 Å². The van der Waals surface area contributed by atoms with Gasteiger partial charge in [0, 0.05) is 11.3 Å². The van der Waals surface area contributed by atoms with Crippen LogP contribution in [0, 0.1) is 11.6 Å². The lowest BCUT2D eigenvalue weighted by Gasteiger charge is -2.19. The molecule has 0 bridgehead atoms. The minimum absolute atomic E-state index is 0.135. The number of halogens is 2. The topological polar surface area (TPSA) is 84.5 Å². The van der Waals surface area contributed by atoms with E-state index in [1.54, 1.807) is 20.8 Å². The molecule has 0 unspecified atom stereocenters. The molecule has 0 aromatic heterocycles. The maximum atomic E-state index is 13.6. The smallest absolute Gasteiger partial charge is 0.414 e. The van der Waals surface area contributed by atoms with Crippen molar-refractivity contribution in [2.24, 2.45) is 0 Å². The Balaban J connectivity index is 2.04. The van der Waals surface area contributed by atoms with E-state index in [-0.39, 0.29) is 11.3 Å². The number of carbonyl (C=O) groups is 3. The lowest BCUT2D eigenvalue weighted by molar-refractivity contribution is 0.0508. The molecule has 2 aromatic carbocycles. The zero-order valence-corrected chi connectivity index (χ0v) is 14.9. The van der Waals surface area contributed by atoms with E-state index in [2.05, 4.69) is 10.6 Å². The first kappa shape index (κ1) is 20.0. The van der Waals surface area contributed by atoms with E-state index in [1.165, 1.54) is 24.3 Å². The van der Waals surface area contributed by atoms with Crippen LogP contribution in [0.5, 0.6) is 0 Å². The number of hydrogen-bond acceptors (Lipinski definition) is 4. The number of anilines is 1. The largest absolute Gasteiger partial charge is 0.444 e.